The molecule has 0 atom stereocenters. The molecule has 2 aliphatic rings. The molecule has 6 nitrogen and oxygen atoms in total. The lowest BCUT2D eigenvalue weighted by molar-refractivity contribution is -0.141. The van der Waals surface area contributed by atoms with Gasteiger partial charge in [-0.2, -0.15) is 18.2 Å². The van der Waals surface area contributed by atoms with E-state index in [1.807, 2.05) is 6.07 Å². The molecule has 4 rings (SSSR count). The Morgan fingerprint density at radius 1 is 1.18 bits per heavy atom. The van der Waals surface area contributed by atoms with Crippen LogP contribution < -0.4 is 15.5 Å². The first-order valence-electron chi connectivity index (χ1n) is 9.38. The number of rotatable bonds is 3. The Morgan fingerprint density at radius 2 is 1.96 bits per heavy atom. The van der Waals surface area contributed by atoms with Crippen molar-refractivity contribution in [3.63, 3.8) is 0 Å². The normalized spacial score (nSPS) is 17.3. The van der Waals surface area contributed by atoms with E-state index in [9.17, 15) is 18.0 Å². The van der Waals surface area contributed by atoms with Crippen LogP contribution in [0.15, 0.2) is 22.6 Å². The largest absolute Gasteiger partial charge is 0.437 e. The number of hydrogen-bond acceptors (Lipinski definition) is 5. The van der Waals surface area contributed by atoms with Gasteiger partial charge in [-0.1, -0.05) is 6.07 Å². The summed E-state index contributed by atoms with van der Waals surface area (Å²) in [5.41, 5.74) is 1.34. The molecule has 2 aromatic rings. The molecule has 0 unspecified atom stereocenters. The zero-order chi connectivity index (χ0) is 19.7. The monoisotopic (exact) mass is 394 g/mol. The smallest absolute Gasteiger partial charge is 0.417 e. The van der Waals surface area contributed by atoms with Gasteiger partial charge in [0, 0.05) is 25.3 Å². The first kappa shape index (κ1) is 18.8. The minimum Gasteiger partial charge on any atom is -0.417 e. The molecule has 1 fully saturated rings. The number of alkyl halides is 3. The maximum absolute atomic E-state index is 13.4. The van der Waals surface area contributed by atoms with Crippen molar-refractivity contribution in [1.29, 1.82) is 0 Å². The standard InChI is InChI=1S/C19H21F3N4O2/c20-19(21,22)16-15(28-18(25-16)26-8-2-1-3-9-26)17(27)24-14-5-4-13-11-23-7-6-12(13)10-14/h4-5,10,23H,1-3,6-9,11H2,(H,24,27). The molecule has 0 spiro atoms. The molecule has 1 aromatic heterocycles. The van der Waals surface area contributed by atoms with Gasteiger partial charge in [-0.25, -0.2) is 0 Å². The number of anilines is 2. The Kier molecular flexibility index (Phi) is 5.01. The highest BCUT2D eigenvalue weighted by atomic mass is 19.4. The maximum atomic E-state index is 13.4. The molecule has 0 aliphatic carbocycles. The van der Waals surface area contributed by atoms with Crippen LogP contribution in [-0.2, 0) is 19.1 Å². The summed E-state index contributed by atoms with van der Waals surface area (Å²) in [5, 5.41) is 5.77. The maximum Gasteiger partial charge on any atom is 0.437 e. The molecule has 3 heterocycles. The molecule has 0 radical (unpaired) electrons. The predicted molar refractivity (Wildman–Crippen MR) is 97.4 cm³/mol. The van der Waals surface area contributed by atoms with Gasteiger partial charge in [-0.05, 0) is 55.5 Å². The summed E-state index contributed by atoms with van der Waals surface area (Å²) in [7, 11) is 0. The first-order valence-corrected chi connectivity index (χ1v) is 9.38. The number of nitrogens with zero attached hydrogens (tertiary/aromatic N) is 2. The molecule has 1 saturated heterocycles. The highest BCUT2D eigenvalue weighted by Gasteiger charge is 2.42. The first-order chi connectivity index (χ1) is 13.4. The Balaban J connectivity index is 1.60. The van der Waals surface area contributed by atoms with Crippen molar-refractivity contribution < 1.29 is 22.4 Å². The van der Waals surface area contributed by atoms with Crippen LogP contribution in [-0.4, -0.2) is 30.5 Å². The van der Waals surface area contributed by atoms with Crippen LogP contribution >= 0.6 is 0 Å². The van der Waals surface area contributed by atoms with E-state index in [0.717, 1.165) is 49.9 Å². The van der Waals surface area contributed by atoms with Gasteiger partial charge in [0.05, 0.1) is 0 Å². The van der Waals surface area contributed by atoms with Gasteiger partial charge in [-0.3, -0.25) is 4.79 Å². The number of carbonyl (C=O) groups excluding carboxylic acids is 1. The summed E-state index contributed by atoms with van der Waals surface area (Å²) in [5.74, 6) is -1.75. The van der Waals surface area contributed by atoms with Crippen molar-refractivity contribution in [2.45, 2.75) is 38.4 Å². The topological polar surface area (TPSA) is 70.4 Å². The zero-order valence-electron chi connectivity index (χ0n) is 15.2. The molecule has 1 aromatic carbocycles. The number of oxazole rings is 1. The molecule has 2 N–H and O–H groups in total. The highest BCUT2D eigenvalue weighted by Crippen LogP contribution is 2.35. The van der Waals surface area contributed by atoms with Crippen LogP contribution in [0.25, 0.3) is 0 Å². The van der Waals surface area contributed by atoms with Crippen molar-refractivity contribution in [1.82, 2.24) is 10.3 Å². The Labute approximate surface area is 160 Å². The van der Waals surface area contributed by atoms with Crippen LogP contribution in [0.1, 0.15) is 46.6 Å². The van der Waals surface area contributed by atoms with Crippen molar-refractivity contribution in [2.75, 3.05) is 29.9 Å². The number of aromatic nitrogens is 1. The van der Waals surface area contributed by atoms with E-state index in [1.54, 1.807) is 17.0 Å². The summed E-state index contributed by atoms with van der Waals surface area (Å²) in [4.78, 5) is 17.8. The number of nitrogens with one attached hydrogen (secondary N) is 2. The number of piperidine rings is 1. The molecular weight excluding hydrogens is 373 g/mol. The average Bonchev–Trinajstić information content (AvgIpc) is 3.15. The fourth-order valence-electron chi connectivity index (χ4n) is 3.62. The number of benzene rings is 1. The highest BCUT2D eigenvalue weighted by molar-refractivity contribution is 6.03. The van der Waals surface area contributed by atoms with Crippen LogP contribution in [0.3, 0.4) is 0 Å². The molecule has 9 heteroatoms. The molecule has 2 aliphatic heterocycles. The van der Waals surface area contributed by atoms with Gasteiger partial charge in [0.2, 0.25) is 5.76 Å². The fourth-order valence-corrected chi connectivity index (χ4v) is 3.62. The zero-order valence-corrected chi connectivity index (χ0v) is 15.2. The minimum absolute atomic E-state index is 0.145. The van der Waals surface area contributed by atoms with E-state index in [1.165, 1.54) is 0 Å². The summed E-state index contributed by atoms with van der Waals surface area (Å²) in [6, 6.07) is 5.19. The Morgan fingerprint density at radius 3 is 2.71 bits per heavy atom. The van der Waals surface area contributed by atoms with Gasteiger partial charge in [-0.15, -0.1) is 0 Å². The summed E-state index contributed by atoms with van der Waals surface area (Å²) < 4.78 is 45.6. The van der Waals surface area contributed by atoms with Crippen molar-refractivity contribution in [2.24, 2.45) is 0 Å². The van der Waals surface area contributed by atoms with E-state index in [0.29, 0.717) is 18.8 Å². The van der Waals surface area contributed by atoms with E-state index in [-0.39, 0.29) is 6.01 Å². The van der Waals surface area contributed by atoms with Crippen molar-refractivity contribution in [3.05, 3.63) is 40.8 Å². The van der Waals surface area contributed by atoms with Gasteiger partial charge in [0.15, 0.2) is 5.69 Å². The van der Waals surface area contributed by atoms with E-state index in [2.05, 4.69) is 15.6 Å². The van der Waals surface area contributed by atoms with Crippen LogP contribution in [0.4, 0.5) is 24.9 Å². The molecule has 1 amide bonds. The number of amides is 1. The van der Waals surface area contributed by atoms with Crippen LogP contribution in [0, 0.1) is 0 Å². The fraction of sp³-hybridized carbons (Fsp3) is 0.474. The van der Waals surface area contributed by atoms with Gasteiger partial charge in [0.1, 0.15) is 0 Å². The van der Waals surface area contributed by atoms with E-state index < -0.39 is 23.5 Å². The van der Waals surface area contributed by atoms with Crippen molar-refractivity contribution in [3.8, 4) is 0 Å². The quantitative estimate of drug-likeness (QED) is 0.833. The number of halogens is 3. The lowest BCUT2D eigenvalue weighted by Gasteiger charge is -2.24. The van der Waals surface area contributed by atoms with E-state index >= 15 is 0 Å². The summed E-state index contributed by atoms with van der Waals surface area (Å²) in [6.07, 6.45) is -1.24. The second-order valence-electron chi connectivity index (χ2n) is 7.08. The van der Waals surface area contributed by atoms with Crippen LogP contribution in [0.5, 0.6) is 0 Å². The predicted octanol–water partition coefficient (Wildman–Crippen LogP) is 3.58. The van der Waals surface area contributed by atoms with Gasteiger partial charge < -0.3 is 20.0 Å². The molecule has 0 bridgehead atoms. The third kappa shape index (κ3) is 3.84. The van der Waals surface area contributed by atoms with E-state index in [4.69, 9.17) is 4.42 Å². The van der Waals surface area contributed by atoms with Gasteiger partial charge >= 0.3 is 6.18 Å². The molecular formula is C19H21F3N4O2. The number of fused-ring (bicyclic) bond motifs is 1. The Hall–Kier alpha value is -2.55. The molecule has 150 valence electrons. The second-order valence-corrected chi connectivity index (χ2v) is 7.08. The minimum atomic E-state index is -4.77. The number of hydrogen-bond donors (Lipinski definition) is 2. The van der Waals surface area contributed by atoms with Crippen LogP contribution in [0.2, 0.25) is 0 Å². The SMILES string of the molecule is O=C(Nc1ccc2c(c1)CCNC2)c1oc(N2CCCCC2)nc1C(F)(F)F. The average molecular weight is 394 g/mol. The summed E-state index contributed by atoms with van der Waals surface area (Å²) in [6.45, 7) is 2.70. The van der Waals surface area contributed by atoms with Crippen molar-refractivity contribution >= 4 is 17.6 Å². The second kappa shape index (κ2) is 7.46. The molecule has 0 saturated carbocycles. The summed E-state index contributed by atoms with van der Waals surface area (Å²) >= 11 is 0. The number of carbonyl (C=O) groups is 1. The lowest BCUT2D eigenvalue weighted by atomic mass is 10.0. The third-order valence-corrected chi connectivity index (χ3v) is 5.07. The lowest BCUT2D eigenvalue weighted by Crippen LogP contribution is -2.29. The molecule has 28 heavy (non-hydrogen) atoms. The third-order valence-electron chi connectivity index (χ3n) is 5.07. The Bertz CT molecular complexity index is 873. The van der Waals surface area contributed by atoms with Gasteiger partial charge in [0.25, 0.3) is 11.9 Å².